The average molecular weight is 362 g/mol. The van der Waals surface area contributed by atoms with E-state index in [0.717, 1.165) is 6.42 Å². The molecule has 0 bridgehead atoms. The van der Waals surface area contributed by atoms with Gasteiger partial charge in [0.25, 0.3) is 0 Å². The van der Waals surface area contributed by atoms with E-state index < -0.39 is 31.8 Å². The molecule has 2 unspecified atom stereocenters. The molecule has 0 saturated carbocycles. The normalized spacial score (nSPS) is 22.9. The van der Waals surface area contributed by atoms with E-state index in [1.807, 2.05) is 40.8 Å². The molecule has 0 aromatic heterocycles. The average Bonchev–Trinajstić information content (AvgIpc) is 2.39. The molecule has 1 aliphatic rings. The maximum Gasteiger partial charge on any atom is 1.00 e. The second-order valence-electron chi connectivity index (χ2n) is 7.47. The van der Waals surface area contributed by atoms with Crippen LogP contribution in [0.5, 0.6) is 0 Å². The van der Waals surface area contributed by atoms with Gasteiger partial charge in [-0.1, -0.05) is 46.8 Å². The third-order valence-electron chi connectivity index (χ3n) is 4.54. The van der Waals surface area contributed by atoms with E-state index >= 15 is 0 Å². The minimum atomic E-state index is -2.39. The molecule has 0 spiro atoms. The van der Waals surface area contributed by atoms with E-state index in [2.05, 4.69) is 6.92 Å². The first-order valence-electron chi connectivity index (χ1n) is 8.12. The van der Waals surface area contributed by atoms with Crippen molar-refractivity contribution < 1.29 is 43.1 Å². The molecular formula is C18H31LiO5Si. The van der Waals surface area contributed by atoms with Crippen molar-refractivity contribution in [3.8, 4) is 0 Å². The maximum atomic E-state index is 11.9. The summed E-state index contributed by atoms with van der Waals surface area (Å²) in [6.07, 6.45) is 5.36. The minimum Gasteiger partial charge on any atom is -0.479 e. The Morgan fingerprint density at radius 1 is 1.32 bits per heavy atom. The van der Waals surface area contributed by atoms with Gasteiger partial charge in [-0.15, -0.1) is 0 Å². The Labute approximate surface area is 164 Å². The van der Waals surface area contributed by atoms with E-state index in [1.165, 1.54) is 18.2 Å². The monoisotopic (exact) mass is 362 g/mol. The van der Waals surface area contributed by atoms with Crippen LogP contribution < -0.4 is 18.9 Å². The summed E-state index contributed by atoms with van der Waals surface area (Å²) in [5.41, 5.74) is -1.57. The van der Waals surface area contributed by atoms with Gasteiger partial charge in [0.05, 0.1) is 0 Å². The summed E-state index contributed by atoms with van der Waals surface area (Å²) in [5.74, 6) is -3.02. The Hall–Kier alpha value is -0.806. The molecule has 0 aromatic rings. The number of hydrogen-bond acceptors (Lipinski definition) is 3. The van der Waals surface area contributed by atoms with Crippen molar-refractivity contribution in [2.75, 3.05) is 0 Å². The first-order chi connectivity index (χ1) is 10.8. The van der Waals surface area contributed by atoms with Gasteiger partial charge in [-0.05, 0) is 24.2 Å². The number of carbonyl (C=O) groups is 2. The molecule has 1 rings (SSSR count). The van der Waals surface area contributed by atoms with Crippen LogP contribution in [0, 0.1) is 12.8 Å². The third kappa shape index (κ3) is 6.14. The first kappa shape index (κ1) is 26.4. The van der Waals surface area contributed by atoms with Gasteiger partial charge in [-0.2, -0.15) is 6.42 Å². The second-order valence-corrected chi connectivity index (χ2v) is 12.2. The van der Waals surface area contributed by atoms with Gasteiger partial charge in [0, 0.05) is 11.5 Å². The molecule has 0 fully saturated rings. The van der Waals surface area contributed by atoms with Crippen molar-refractivity contribution in [1.82, 2.24) is 0 Å². The summed E-state index contributed by atoms with van der Waals surface area (Å²) in [6.45, 7) is 17.0. The second kappa shape index (κ2) is 9.77. The maximum absolute atomic E-state index is 11.9. The largest absolute Gasteiger partial charge is 1.00 e. The number of allylic oxidation sites excluding steroid dienone is 2. The zero-order valence-electron chi connectivity index (χ0n) is 16.8. The first-order valence-corrected chi connectivity index (χ1v) is 11.0. The Kier molecular flexibility index (Phi) is 10.3. The number of carboxylic acids is 2. The predicted molar refractivity (Wildman–Crippen MR) is 98.3 cm³/mol. The quantitative estimate of drug-likeness (QED) is 0.581. The van der Waals surface area contributed by atoms with Crippen LogP contribution in [0.2, 0.25) is 18.1 Å². The summed E-state index contributed by atoms with van der Waals surface area (Å²) in [6, 6.07) is 0. The summed E-state index contributed by atoms with van der Waals surface area (Å²) in [5, 5.41) is 18.8. The van der Waals surface area contributed by atoms with Gasteiger partial charge in [-0.3, -0.25) is 0 Å². The standard InChI is InChI=1S/C15H24O5Si.C3H7.Li/c1-10-11(12(16)17)8-7-9-15(10,13(18)19)20-21(5,6)14(2,3)4;1-3-2;/h7-10H,1-6H3,(H,16,17)(H,18,19);1,3H2,2H3;/q;-1;+1. The molecule has 0 saturated heterocycles. The third-order valence-corrected chi connectivity index (χ3v) is 9.00. The molecular weight excluding hydrogens is 331 g/mol. The van der Waals surface area contributed by atoms with Crippen LogP contribution in [0.25, 0.3) is 0 Å². The van der Waals surface area contributed by atoms with Crippen LogP contribution >= 0.6 is 0 Å². The van der Waals surface area contributed by atoms with Crippen molar-refractivity contribution in [2.24, 2.45) is 5.92 Å². The molecule has 25 heavy (non-hydrogen) atoms. The molecule has 0 heterocycles. The zero-order chi connectivity index (χ0) is 19.3. The van der Waals surface area contributed by atoms with Gasteiger partial charge >= 0.3 is 30.8 Å². The van der Waals surface area contributed by atoms with Crippen molar-refractivity contribution in [3.05, 3.63) is 30.7 Å². The van der Waals surface area contributed by atoms with Gasteiger partial charge < -0.3 is 21.6 Å². The van der Waals surface area contributed by atoms with Crippen LogP contribution in [0.15, 0.2) is 23.8 Å². The number of carboxylic acid groups (broad SMARTS) is 2. The number of hydrogen-bond donors (Lipinski definition) is 2. The molecule has 2 atom stereocenters. The molecule has 1 aliphatic carbocycles. The SMILES string of the molecule is CC1C(C(=O)O)=CC=CC1(O[Si](C)(C)C(C)(C)C)C(=O)O.[CH2-]CC.[Li+]. The van der Waals surface area contributed by atoms with E-state index in [4.69, 9.17) is 4.43 Å². The fourth-order valence-electron chi connectivity index (χ4n) is 2.07. The fourth-order valence-corrected chi connectivity index (χ4v) is 3.55. The van der Waals surface area contributed by atoms with E-state index in [9.17, 15) is 19.8 Å². The summed E-state index contributed by atoms with van der Waals surface area (Å²) >= 11 is 0. The van der Waals surface area contributed by atoms with Crippen LogP contribution in [-0.4, -0.2) is 36.1 Å². The Morgan fingerprint density at radius 2 is 1.76 bits per heavy atom. The van der Waals surface area contributed by atoms with Crippen LogP contribution in [-0.2, 0) is 14.0 Å². The zero-order valence-corrected chi connectivity index (χ0v) is 17.8. The molecule has 2 N–H and O–H groups in total. The molecule has 5 nitrogen and oxygen atoms in total. The Bertz CT molecular complexity index is 534. The van der Waals surface area contributed by atoms with E-state index in [0.29, 0.717) is 0 Å². The minimum absolute atomic E-state index is 0. The molecule has 0 amide bonds. The Morgan fingerprint density at radius 3 is 2.08 bits per heavy atom. The van der Waals surface area contributed by atoms with Gasteiger partial charge in [0.15, 0.2) is 13.9 Å². The van der Waals surface area contributed by atoms with E-state index in [-0.39, 0.29) is 29.5 Å². The molecule has 0 radical (unpaired) electrons. The topological polar surface area (TPSA) is 83.8 Å². The van der Waals surface area contributed by atoms with Crippen molar-refractivity contribution in [2.45, 2.75) is 64.8 Å². The fraction of sp³-hybridized carbons (Fsp3) is 0.611. The Balaban J connectivity index is 0. The van der Waals surface area contributed by atoms with Crippen LogP contribution in [0.4, 0.5) is 0 Å². The van der Waals surface area contributed by atoms with Crippen LogP contribution in [0.3, 0.4) is 0 Å². The molecule has 7 heteroatoms. The van der Waals surface area contributed by atoms with Gasteiger partial charge in [0.1, 0.15) is 0 Å². The van der Waals surface area contributed by atoms with Gasteiger partial charge in [0.2, 0.25) is 0 Å². The number of aliphatic carboxylic acids is 2. The van der Waals surface area contributed by atoms with E-state index in [1.54, 1.807) is 6.92 Å². The summed E-state index contributed by atoms with van der Waals surface area (Å²) < 4.78 is 6.13. The molecule has 138 valence electrons. The van der Waals surface area contributed by atoms with Crippen molar-refractivity contribution >= 4 is 20.3 Å². The van der Waals surface area contributed by atoms with Crippen molar-refractivity contribution in [3.63, 3.8) is 0 Å². The van der Waals surface area contributed by atoms with Crippen LogP contribution in [0.1, 0.15) is 41.0 Å². The summed E-state index contributed by atoms with van der Waals surface area (Å²) in [7, 11) is -2.39. The molecule has 0 aromatic carbocycles. The smallest absolute Gasteiger partial charge is 0.479 e. The number of rotatable bonds is 4. The molecule has 0 aliphatic heterocycles. The predicted octanol–water partition coefficient (Wildman–Crippen LogP) is 1.28. The van der Waals surface area contributed by atoms with Gasteiger partial charge in [-0.25, -0.2) is 9.59 Å². The van der Waals surface area contributed by atoms with Crippen molar-refractivity contribution in [1.29, 1.82) is 0 Å². The summed E-state index contributed by atoms with van der Waals surface area (Å²) in [4.78, 5) is 23.2.